The van der Waals surface area contributed by atoms with E-state index in [1.54, 1.807) is 19.2 Å². The number of hydrogen-bond donors (Lipinski definition) is 2. The highest BCUT2D eigenvalue weighted by Gasteiger charge is 2.12. The van der Waals surface area contributed by atoms with Crippen LogP contribution in [-0.2, 0) is 11.3 Å². The van der Waals surface area contributed by atoms with Gasteiger partial charge >= 0.3 is 6.01 Å². The van der Waals surface area contributed by atoms with Crippen molar-refractivity contribution in [2.24, 2.45) is 0 Å². The first-order valence-electron chi connectivity index (χ1n) is 6.03. The standard InChI is InChI=1S/C12H13Cl3N4O2/c1-20-3-2-16-6-10-18-19-12(21-10)17-11-8(14)4-7(13)5-9(11)15/h4-5,16H,2-3,6H2,1H3,(H,17,19). The van der Waals surface area contributed by atoms with Crippen LogP contribution in [0.15, 0.2) is 16.5 Å². The molecule has 9 heteroatoms. The van der Waals surface area contributed by atoms with E-state index in [0.29, 0.717) is 46.3 Å². The molecule has 114 valence electrons. The lowest BCUT2D eigenvalue weighted by atomic mass is 10.3. The topological polar surface area (TPSA) is 72.2 Å². The summed E-state index contributed by atoms with van der Waals surface area (Å²) < 4.78 is 10.3. The predicted octanol–water partition coefficient (Wildman–Crippen LogP) is 3.51. The Kier molecular flexibility index (Phi) is 6.08. The summed E-state index contributed by atoms with van der Waals surface area (Å²) in [5.74, 6) is 0.440. The normalized spacial score (nSPS) is 10.9. The van der Waals surface area contributed by atoms with E-state index in [2.05, 4.69) is 20.8 Å². The van der Waals surface area contributed by atoms with E-state index in [9.17, 15) is 0 Å². The molecule has 0 aliphatic carbocycles. The molecule has 0 saturated carbocycles. The number of rotatable bonds is 7. The molecular formula is C12H13Cl3N4O2. The van der Waals surface area contributed by atoms with Crippen molar-refractivity contribution in [2.45, 2.75) is 6.54 Å². The van der Waals surface area contributed by atoms with E-state index < -0.39 is 0 Å². The molecule has 6 nitrogen and oxygen atoms in total. The minimum atomic E-state index is 0.199. The zero-order chi connectivity index (χ0) is 15.2. The summed E-state index contributed by atoms with van der Waals surface area (Å²) >= 11 is 18.0. The largest absolute Gasteiger partial charge is 0.406 e. The Bertz CT molecular complexity index is 583. The number of nitrogens with zero attached hydrogens (tertiary/aromatic N) is 2. The number of halogens is 3. The molecule has 1 heterocycles. The van der Waals surface area contributed by atoms with Gasteiger partial charge in [0, 0.05) is 18.7 Å². The molecule has 0 bridgehead atoms. The summed E-state index contributed by atoms with van der Waals surface area (Å²) in [5.41, 5.74) is 0.463. The molecule has 0 aliphatic rings. The van der Waals surface area contributed by atoms with Crippen molar-refractivity contribution < 1.29 is 9.15 Å². The number of aromatic nitrogens is 2. The van der Waals surface area contributed by atoms with Crippen LogP contribution < -0.4 is 10.6 Å². The van der Waals surface area contributed by atoms with Gasteiger partial charge in [-0.05, 0) is 12.1 Å². The van der Waals surface area contributed by atoms with Crippen LogP contribution in [-0.4, -0.2) is 30.5 Å². The van der Waals surface area contributed by atoms with Gasteiger partial charge in [-0.25, -0.2) is 0 Å². The zero-order valence-corrected chi connectivity index (χ0v) is 13.4. The third-order valence-electron chi connectivity index (χ3n) is 2.46. The summed E-state index contributed by atoms with van der Waals surface area (Å²) in [5, 5.41) is 14.9. The van der Waals surface area contributed by atoms with Crippen molar-refractivity contribution >= 4 is 46.5 Å². The molecule has 0 saturated heterocycles. The first kappa shape index (κ1) is 16.3. The van der Waals surface area contributed by atoms with Gasteiger partial charge in [-0.3, -0.25) is 0 Å². The van der Waals surface area contributed by atoms with Gasteiger partial charge < -0.3 is 19.8 Å². The van der Waals surface area contributed by atoms with Crippen LogP contribution in [0.5, 0.6) is 0 Å². The van der Waals surface area contributed by atoms with Crippen LogP contribution in [0.2, 0.25) is 15.1 Å². The lowest BCUT2D eigenvalue weighted by Crippen LogP contribution is -2.18. The SMILES string of the molecule is COCCNCc1nnc(Nc2c(Cl)cc(Cl)cc2Cl)o1. The molecule has 0 aliphatic heterocycles. The van der Waals surface area contributed by atoms with Crippen molar-refractivity contribution in [3.63, 3.8) is 0 Å². The Balaban J connectivity index is 1.99. The maximum absolute atomic E-state index is 6.06. The molecule has 21 heavy (non-hydrogen) atoms. The molecule has 0 radical (unpaired) electrons. The summed E-state index contributed by atoms with van der Waals surface area (Å²) in [7, 11) is 1.63. The van der Waals surface area contributed by atoms with E-state index >= 15 is 0 Å². The van der Waals surface area contributed by atoms with Gasteiger partial charge in [0.2, 0.25) is 5.89 Å². The van der Waals surface area contributed by atoms with Gasteiger partial charge in [0.25, 0.3) is 0 Å². The third-order valence-corrected chi connectivity index (χ3v) is 3.28. The van der Waals surface area contributed by atoms with Gasteiger partial charge in [-0.1, -0.05) is 39.9 Å². The molecule has 2 N–H and O–H groups in total. The highest BCUT2D eigenvalue weighted by Crippen LogP contribution is 2.35. The van der Waals surface area contributed by atoms with Crippen LogP contribution in [0.4, 0.5) is 11.7 Å². The summed E-state index contributed by atoms with van der Waals surface area (Å²) in [4.78, 5) is 0. The van der Waals surface area contributed by atoms with Crippen molar-refractivity contribution in [3.8, 4) is 0 Å². The fourth-order valence-electron chi connectivity index (χ4n) is 1.51. The number of anilines is 2. The van der Waals surface area contributed by atoms with Crippen LogP contribution in [0.3, 0.4) is 0 Å². The quantitative estimate of drug-likeness (QED) is 0.744. The summed E-state index contributed by atoms with van der Waals surface area (Å²) in [6, 6.07) is 3.34. The number of nitrogens with one attached hydrogen (secondary N) is 2. The van der Waals surface area contributed by atoms with Crippen molar-refractivity contribution in [1.29, 1.82) is 0 Å². The molecular weight excluding hydrogens is 339 g/mol. The lowest BCUT2D eigenvalue weighted by molar-refractivity contribution is 0.198. The smallest absolute Gasteiger partial charge is 0.320 e. The molecule has 0 amide bonds. The highest BCUT2D eigenvalue weighted by molar-refractivity contribution is 6.41. The monoisotopic (exact) mass is 350 g/mol. The molecule has 2 aromatic rings. The van der Waals surface area contributed by atoms with E-state index in [4.69, 9.17) is 44.0 Å². The minimum Gasteiger partial charge on any atom is -0.406 e. The van der Waals surface area contributed by atoms with Crippen molar-refractivity contribution in [1.82, 2.24) is 15.5 Å². The Hall–Kier alpha value is -1.05. The molecule has 2 rings (SSSR count). The second-order valence-corrected chi connectivity index (χ2v) is 5.29. The van der Waals surface area contributed by atoms with Gasteiger partial charge in [0.05, 0.1) is 28.9 Å². The average Bonchev–Trinajstić information content (AvgIpc) is 2.87. The highest BCUT2D eigenvalue weighted by atomic mass is 35.5. The lowest BCUT2D eigenvalue weighted by Gasteiger charge is -2.07. The molecule has 1 aromatic heterocycles. The van der Waals surface area contributed by atoms with E-state index in [1.165, 1.54) is 0 Å². The Morgan fingerprint density at radius 3 is 2.57 bits per heavy atom. The van der Waals surface area contributed by atoms with Gasteiger partial charge in [-0.2, -0.15) is 0 Å². The fourth-order valence-corrected chi connectivity index (χ4v) is 2.43. The molecule has 0 fully saturated rings. The first-order chi connectivity index (χ1) is 10.1. The van der Waals surface area contributed by atoms with Gasteiger partial charge in [0.1, 0.15) is 0 Å². The Morgan fingerprint density at radius 2 is 1.90 bits per heavy atom. The molecule has 0 spiro atoms. The van der Waals surface area contributed by atoms with Crippen LogP contribution >= 0.6 is 34.8 Å². The van der Waals surface area contributed by atoms with Crippen molar-refractivity contribution in [3.05, 3.63) is 33.1 Å². The Morgan fingerprint density at radius 1 is 1.19 bits per heavy atom. The van der Waals surface area contributed by atoms with Crippen LogP contribution in [0.25, 0.3) is 0 Å². The second-order valence-electron chi connectivity index (χ2n) is 4.04. The number of benzene rings is 1. The third kappa shape index (κ3) is 4.72. The zero-order valence-electron chi connectivity index (χ0n) is 11.1. The van der Waals surface area contributed by atoms with Crippen LogP contribution in [0, 0.1) is 0 Å². The minimum absolute atomic E-state index is 0.199. The van der Waals surface area contributed by atoms with Crippen molar-refractivity contribution in [2.75, 3.05) is 25.6 Å². The maximum Gasteiger partial charge on any atom is 0.320 e. The first-order valence-corrected chi connectivity index (χ1v) is 7.17. The maximum atomic E-state index is 6.06. The summed E-state index contributed by atoms with van der Waals surface area (Å²) in [6.07, 6.45) is 0. The number of hydrogen-bond acceptors (Lipinski definition) is 6. The second kappa shape index (κ2) is 7.82. The van der Waals surface area contributed by atoms with Gasteiger partial charge in [0.15, 0.2) is 0 Å². The average molecular weight is 352 g/mol. The Labute approximate surface area is 136 Å². The molecule has 1 aromatic carbocycles. The van der Waals surface area contributed by atoms with E-state index in [1.807, 2.05) is 0 Å². The van der Waals surface area contributed by atoms with Crippen LogP contribution in [0.1, 0.15) is 5.89 Å². The number of ether oxygens (including phenoxy) is 1. The van der Waals surface area contributed by atoms with Gasteiger partial charge in [-0.15, -0.1) is 5.10 Å². The van der Waals surface area contributed by atoms with E-state index in [0.717, 1.165) is 0 Å². The molecule has 0 atom stereocenters. The number of methoxy groups -OCH3 is 1. The fraction of sp³-hybridized carbons (Fsp3) is 0.333. The summed E-state index contributed by atoms with van der Waals surface area (Å²) in [6.45, 7) is 1.74. The molecule has 0 unspecified atom stereocenters. The predicted molar refractivity (Wildman–Crippen MR) is 82.6 cm³/mol. The van der Waals surface area contributed by atoms with E-state index in [-0.39, 0.29) is 6.01 Å².